The van der Waals surface area contributed by atoms with Crippen LogP contribution in [0.2, 0.25) is 5.02 Å². The largest absolute Gasteiger partial charge is 0.357 e. The lowest BCUT2D eigenvalue weighted by molar-refractivity contribution is 0.679. The van der Waals surface area contributed by atoms with Gasteiger partial charge in [-0.15, -0.1) is 22.9 Å². The number of likely N-dealkylation sites (N-methyl/N-ethyl adjacent to an activating group) is 1. The van der Waals surface area contributed by atoms with Crippen LogP contribution in [-0.4, -0.2) is 18.1 Å². The lowest BCUT2D eigenvalue weighted by Crippen LogP contribution is -2.31. The van der Waals surface area contributed by atoms with Gasteiger partial charge < -0.3 is 4.90 Å². The smallest absolute Gasteiger partial charge is 0.128 e. The molecular weight excluding hydrogens is 299 g/mol. The van der Waals surface area contributed by atoms with Gasteiger partial charge in [0.2, 0.25) is 0 Å². The highest BCUT2D eigenvalue weighted by Crippen LogP contribution is 2.22. The topological polar surface area (TPSA) is 16.1 Å². The molecule has 0 bridgehead atoms. The number of anilines is 1. The summed E-state index contributed by atoms with van der Waals surface area (Å²) in [6.07, 6.45) is 1.01. The summed E-state index contributed by atoms with van der Waals surface area (Å²) in [5.41, 5.74) is 0.732. The van der Waals surface area contributed by atoms with E-state index in [1.807, 2.05) is 19.2 Å². The Morgan fingerprint density at radius 3 is 2.79 bits per heavy atom. The van der Waals surface area contributed by atoms with Gasteiger partial charge in [-0.2, -0.15) is 0 Å². The van der Waals surface area contributed by atoms with E-state index in [4.69, 9.17) is 23.2 Å². The lowest BCUT2D eigenvalue weighted by atomic mass is 10.2. The third-order valence-electron chi connectivity index (χ3n) is 3.13. The molecule has 19 heavy (non-hydrogen) atoms. The van der Waals surface area contributed by atoms with E-state index in [0.717, 1.165) is 17.9 Å². The third kappa shape index (κ3) is 3.62. The Labute approximate surface area is 128 Å². The first-order valence-corrected chi connectivity index (χ1v) is 7.87. The number of nitrogens with zero attached hydrogens (tertiary/aromatic N) is 2. The van der Waals surface area contributed by atoms with E-state index in [9.17, 15) is 0 Å². The molecule has 2 rings (SSSR count). The Bertz CT molecular complexity index is 528. The molecule has 0 saturated carbocycles. The highest BCUT2D eigenvalue weighted by Gasteiger charge is 2.14. The molecule has 0 aliphatic rings. The molecule has 0 fully saturated rings. The number of aromatic nitrogens is 1. The summed E-state index contributed by atoms with van der Waals surface area (Å²) < 4.78 is 0. The minimum atomic E-state index is 0.333. The summed E-state index contributed by atoms with van der Waals surface area (Å²) in [6, 6.07) is 8.41. The second-order valence-electron chi connectivity index (χ2n) is 4.48. The van der Waals surface area contributed by atoms with Gasteiger partial charge in [0.25, 0.3) is 0 Å². The summed E-state index contributed by atoms with van der Waals surface area (Å²) in [5, 5.41) is 2.73. The van der Waals surface area contributed by atoms with Crippen LogP contribution in [0, 0.1) is 0 Å². The molecular formula is C14H16Cl2N2S. The number of rotatable bonds is 5. The first-order chi connectivity index (χ1) is 9.11. The Balaban J connectivity index is 2.12. The van der Waals surface area contributed by atoms with Crippen molar-refractivity contribution in [1.29, 1.82) is 0 Å². The first-order valence-electron chi connectivity index (χ1n) is 6.08. The number of thiophene rings is 1. The molecule has 0 aromatic carbocycles. The van der Waals surface area contributed by atoms with Crippen LogP contribution in [0.3, 0.4) is 0 Å². The van der Waals surface area contributed by atoms with Crippen LogP contribution in [0.5, 0.6) is 0 Å². The fourth-order valence-electron chi connectivity index (χ4n) is 1.85. The van der Waals surface area contributed by atoms with E-state index < -0.39 is 0 Å². The van der Waals surface area contributed by atoms with Gasteiger partial charge in [-0.1, -0.05) is 17.7 Å². The number of hydrogen-bond acceptors (Lipinski definition) is 3. The predicted octanol–water partition coefficient (Wildman–Crippen LogP) is 4.60. The van der Waals surface area contributed by atoms with Crippen molar-refractivity contribution in [2.24, 2.45) is 0 Å². The van der Waals surface area contributed by atoms with Crippen molar-refractivity contribution in [2.75, 3.05) is 11.9 Å². The average Bonchev–Trinajstić information content (AvgIpc) is 2.91. The van der Waals surface area contributed by atoms with Crippen LogP contribution in [-0.2, 0) is 12.3 Å². The summed E-state index contributed by atoms with van der Waals surface area (Å²) in [4.78, 5) is 8.05. The van der Waals surface area contributed by atoms with Gasteiger partial charge in [-0.3, -0.25) is 0 Å². The molecule has 102 valence electrons. The summed E-state index contributed by atoms with van der Waals surface area (Å²) in [6.45, 7) is 2.19. The predicted molar refractivity (Wildman–Crippen MR) is 84.7 cm³/mol. The van der Waals surface area contributed by atoms with E-state index >= 15 is 0 Å². The van der Waals surface area contributed by atoms with Crippen molar-refractivity contribution in [1.82, 2.24) is 4.98 Å². The molecule has 5 heteroatoms. The fraction of sp³-hybridized carbons (Fsp3) is 0.357. The maximum atomic E-state index is 6.03. The molecule has 1 unspecified atom stereocenters. The third-order valence-corrected chi connectivity index (χ3v) is 4.63. The van der Waals surface area contributed by atoms with E-state index in [0.29, 0.717) is 16.9 Å². The Morgan fingerprint density at radius 1 is 1.37 bits per heavy atom. The van der Waals surface area contributed by atoms with Crippen LogP contribution in [0.15, 0.2) is 29.6 Å². The minimum Gasteiger partial charge on any atom is -0.357 e. The number of halogens is 2. The van der Waals surface area contributed by atoms with Gasteiger partial charge in [-0.05, 0) is 30.5 Å². The average molecular weight is 315 g/mol. The maximum absolute atomic E-state index is 6.03. The van der Waals surface area contributed by atoms with Crippen molar-refractivity contribution < 1.29 is 0 Å². The molecule has 2 nitrogen and oxygen atoms in total. The van der Waals surface area contributed by atoms with Crippen LogP contribution in [0.25, 0.3) is 0 Å². The molecule has 1 atom stereocenters. The van der Waals surface area contributed by atoms with E-state index in [1.165, 1.54) is 4.88 Å². The highest BCUT2D eigenvalue weighted by molar-refractivity contribution is 7.09. The molecule has 0 aliphatic heterocycles. The zero-order valence-corrected chi connectivity index (χ0v) is 13.3. The Hall–Kier alpha value is -0.770. The van der Waals surface area contributed by atoms with E-state index in [1.54, 1.807) is 11.3 Å². The zero-order valence-electron chi connectivity index (χ0n) is 10.9. The Morgan fingerprint density at radius 2 is 2.16 bits per heavy atom. The Kier molecular flexibility index (Phi) is 5.08. The molecule has 0 N–H and O–H groups in total. The summed E-state index contributed by atoms with van der Waals surface area (Å²) >= 11 is 13.7. The minimum absolute atomic E-state index is 0.333. The molecule has 2 aromatic heterocycles. The van der Waals surface area contributed by atoms with Gasteiger partial charge >= 0.3 is 0 Å². The molecule has 0 saturated heterocycles. The highest BCUT2D eigenvalue weighted by atomic mass is 35.5. The van der Waals surface area contributed by atoms with Gasteiger partial charge in [0, 0.05) is 24.4 Å². The van der Waals surface area contributed by atoms with E-state index in [2.05, 4.69) is 34.3 Å². The van der Waals surface area contributed by atoms with Gasteiger partial charge in [0.1, 0.15) is 5.82 Å². The number of hydrogen-bond donors (Lipinski definition) is 0. The lowest BCUT2D eigenvalue weighted by Gasteiger charge is -2.26. The molecule has 2 heterocycles. The molecule has 0 aliphatic carbocycles. The van der Waals surface area contributed by atoms with Crippen molar-refractivity contribution in [3.8, 4) is 0 Å². The molecule has 0 radical (unpaired) electrons. The van der Waals surface area contributed by atoms with Gasteiger partial charge in [0.05, 0.1) is 16.6 Å². The van der Waals surface area contributed by atoms with Gasteiger partial charge in [0.15, 0.2) is 0 Å². The van der Waals surface area contributed by atoms with Crippen molar-refractivity contribution in [2.45, 2.75) is 25.3 Å². The maximum Gasteiger partial charge on any atom is 0.128 e. The van der Waals surface area contributed by atoms with E-state index in [-0.39, 0.29) is 0 Å². The fourth-order valence-corrected chi connectivity index (χ4v) is 3.12. The van der Waals surface area contributed by atoms with Crippen LogP contribution >= 0.6 is 34.5 Å². The van der Waals surface area contributed by atoms with Crippen molar-refractivity contribution in [3.05, 3.63) is 45.2 Å². The molecule has 0 spiro atoms. The standard InChI is InChI=1S/C14H16Cl2N2S/c1-10(8-11-4-3-7-19-11)18(2)14-6-5-12(16)13(9-15)17-14/h3-7,10H,8-9H2,1-2H3. The van der Waals surface area contributed by atoms with Crippen LogP contribution in [0.4, 0.5) is 5.82 Å². The SMILES string of the molecule is CC(Cc1cccs1)N(C)c1ccc(Cl)c(CCl)n1. The zero-order chi connectivity index (χ0) is 13.8. The normalized spacial score (nSPS) is 12.4. The van der Waals surface area contributed by atoms with Gasteiger partial charge in [-0.25, -0.2) is 4.98 Å². The van der Waals surface area contributed by atoms with Crippen LogP contribution in [0.1, 0.15) is 17.5 Å². The molecule has 0 amide bonds. The first kappa shape index (κ1) is 14.6. The van der Waals surface area contributed by atoms with Crippen molar-refractivity contribution >= 4 is 40.4 Å². The summed E-state index contributed by atoms with van der Waals surface area (Å²) in [5.74, 6) is 1.24. The summed E-state index contributed by atoms with van der Waals surface area (Å²) in [7, 11) is 2.05. The number of pyridine rings is 1. The van der Waals surface area contributed by atoms with Crippen molar-refractivity contribution in [3.63, 3.8) is 0 Å². The molecule has 2 aromatic rings. The number of alkyl halides is 1. The second-order valence-corrected chi connectivity index (χ2v) is 6.18. The van der Waals surface area contributed by atoms with Crippen LogP contribution < -0.4 is 4.90 Å². The monoisotopic (exact) mass is 314 g/mol. The second kappa shape index (κ2) is 6.60. The quantitative estimate of drug-likeness (QED) is 0.750.